The van der Waals surface area contributed by atoms with Crippen LogP contribution in [-0.4, -0.2) is 6.29 Å². The zero-order chi connectivity index (χ0) is 10.2. The summed E-state index contributed by atoms with van der Waals surface area (Å²) in [7, 11) is 0. The third kappa shape index (κ3) is 1.56. The second-order valence-electron chi connectivity index (χ2n) is 5.09. The number of aldehydes is 1. The van der Waals surface area contributed by atoms with Crippen LogP contribution in [0.3, 0.4) is 0 Å². The van der Waals surface area contributed by atoms with Gasteiger partial charge in [-0.05, 0) is 48.7 Å². The number of carbonyl (C=O) groups excluding carboxylic acids is 1. The number of carbonyl (C=O) groups is 1. The van der Waals surface area contributed by atoms with E-state index < -0.39 is 0 Å². The lowest BCUT2D eigenvalue weighted by atomic mass is 9.69. The maximum absolute atomic E-state index is 10.8. The van der Waals surface area contributed by atoms with Crippen LogP contribution in [0.1, 0.15) is 46.0 Å². The predicted molar refractivity (Wildman–Crippen MR) is 58.0 cm³/mol. The van der Waals surface area contributed by atoms with Crippen molar-refractivity contribution < 1.29 is 4.79 Å². The zero-order valence-corrected chi connectivity index (χ0v) is 9.10. The van der Waals surface area contributed by atoms with Gasteiger partial charge in [0, 0.05) is 0 Å². The van der Waals surface area contributed by atoms with Crippen molar-refractivity contribution in [3.8, 4) is 0 Å². The first-order valence-corrected chi connectivity index (χ1v) is 5.52. The molecule has 0 amide bonds. The molecule has 0 spiro atoms. The Hall–Kier alpha value is -0.850. The smallest absolute Gasteiger partial charge is 0.146 e. The molecule has 2 rings (SSSR count). The lowest BCUT2D eigenvalue weighted by Gasteiger charge is -2.36. The van der Waals surface area contributed by atoms with Crippen molar-refractivity contribution in [1.29, 1.82) is 0 Å². The molecular formula is C13H18O. The van der Waals surface area contributed by atoms with E-state index in [0.717, 1.165) is 24.7 Å². The maximum Gasteiger partial charge on any atom is 0.146 e. The molecule has 0 bridgehead atoms. The molecule has 0 aromatic heterocycles. The van der Waals surface area contributed by atoms with E-state index in [1.807, 2.05) is 0 Å². The topological polar surface area (TPSA) is 17.1 Å². The van der Waals surface area contributed by atoms with Crippen LogP contribution in [0.25, 0.3) is 0 Å². The molecule has 0 saturated carbocycles. The van der Waals surface area contributed by atoms with Gasteiger partial charge in [0.05, 0.1) is 0 Å². The molecule has 0 fully saturated rings. The number of hydrogen-bond acceptors (Lipinski definition) is 1. The van der Waals surface area contributed by atoms with E-state index in [9.17, 15) is 4.79 Å². The molecule has 0 atom stereocenters. The van der Waals surface area contributed by atoms with Crippen molar-refractivity contribution >= 4 is 6.29 Å². The molecule has 0 aliphatic heterocycles. The van der Waals surface area contributed by atoms with Gasteiger partial charge in [0.2, 0.25) is 0 Å². The fraction of sp³-hybridized carbons (Fsp3) is 0.615. The Morgan fingerprint density at radius 1 is 1.29 bits per heavy atom. The highest BCUT2D eigenvalue weighted by Crippen LogP contribution is 2.44. The van der Waals surface area contributed by atoms with Gasteiger partial charge in [-0.2, -0.15) is 0 Å². The normalized spacial score (nSPS) is 25.4. The van der Waals surface area contributed by atoms with Gasteiger partial charge in [-0.3, -0.25) is 4.79 Å². The molecule has 2 aliphatic carbocycles. The second kappa shape index (κ2) is 3.38. The van der Waals surface area contributed by atoms with Crippen LogP contribution in [0, 0.1) is 5.41 Å². The van der Waals surface area contributed by atoms with Crippen LogP contribution in [0.2, 0.25) is 0 Å². The quantitative estimate of drug-likeness (QED) is 0.579. The molecule has 0 saturated heterocycles. The summed E-state index contributed by atoms with van der Waals surface area (Å²) >= 11 is 0. The molecule has 0 aromatic carbocycles. The van der Waals surface area contributed by atoms with E-state index in [1.54, 1.807) is 5.57 Å². The van der Waals surface area contributed by atoms with Crippen molar-refractivity contribution in [2.75, 3.05) is 0 Å². The summed E-state index contributed by atoms with van der Waals surface area (Å²) in [4.78, 5) is 10.8. The monoisotopic (exact) mass is 190 g/mol. The van der Waals surface area contributed by atoms with Gasteiger partial charge in [-0.15, -0.1) is 0 Å². The summed E-state index contributed by atoms with van der Waals surface area (Å²) in [5, 5.41) is 0. The minimum atomic E-state index is 0.294. The Labute approximate surface area is 85.9 Å². The summed E-state index contributed by atoms with van der Waals surface area (Å²) < 4.78 is 0. The third-order valence-corrected chi connectivity index (χ3v) is 3.59. The molecular weight excluding hydrogens is 172 g/mol. The first-order valence-electron chi connectivity index (χ1n) is 5.52. The van der Waals surface area contributed by atoms with Crippen LogP contribution in [0.15, 0.2) is 22.8 Å². The fourth-order valence-corrected chi connectivity index (χ4v) is 2.69. The summed E-state index contributed by atoms with van der Waals surface area (Å²) in [6.07, 6.45) is 9.06. The maximum atomic E-state index is 10.8. The standard InChI is InChI=1S/C13H18O/c1-13(2)7-3-4-11-6-5-10(9-14)8-12(11)13/h8-9H,3-7H2,1-2H3. The van der Waals surface area contributed by atoms with Gasteiger partial charge in [0.15, 0.2) is 0 Å². The lowest BCUT2D eigenvalue weighted by molar-refractivity contribution is -0.105. The van der Waals surface area contributed by atoms with Gasteiger partial charge >= 0.3 is 0 Å². The van der Waals surface area contributed by atoms with E-state index in [-0.39, 0.29) is 0 Å². The summed E-state index contributed by atoms with van der Waals surface area (Å²) in [6, 6.07) is 0. The third-order valence-electron chi connectivity index (χ3n) is 3.59. The number of allylic oxidation sites excluding steroid dienone is 4. The molecule has 0 radical (unpaired) electrons. The van der Waals surface area contributed by atoms with E-state index in [4.69, 9.17) is 0 Å². The van der Waals surface area contributed by atoms with Gasteiger partial charge in [-0.1, -0.05) is 25.5 Å². The molecule has 0 heterocycles. The van der Waals surface area contributed by atoms with Crippen molar-refractivity contribution in [2.45, 2.75) is 46.0 Å². The first kappa shape index (κ1) is 9.70. The Morgan fingerprint density at radius 3 is 2.79 bits per heavy atom. The van der Waals surface area contributed by atoms with E-state index in [2.05, 4.69) is 19.9 Å². The largest absolute Gasteiger partial charge is 0.298 e. The van der Waals surface area contributed by atoms with Crippen molar-refractivity contribution in [2.24, 2.45) is 5.41 Å². The van der Waals surface area contributed by atoms with Gasteiger partial charge < -0.3 is 0 Å². The average Bonchev–Trinajstić information content (AvgIpc) is 2.17. The van der Waals surface area contributed by atoms with E-state index in [1.165, 1.54) is 24.8 Å². The number of rotatable bonds is 1. The minimum Gasteiger partial charge on any atom is -0.298 e. The summed E-state index contributed by atoms with van der Waals surface area (Å²) in [5.74, 6) is 0. The molecule has 1 heteroatoms. The van der Waals surface area contributed by atoms with Crippen LogP contribution < -0.4 is 0 Å². The van der Waals surface area contributed by atoms with E-state index in [0.29, 0.717) is 5.41 Å². The van der Waals surface area contributed by atoms with Gasteiger partial charge in [-0.25, -0.2) is 0 Å². The van der Waals surface area contributed by atoms with Crippen molar-refractivity contribution in [1.82, 2.24) is 0 Å². The first-order chi connectivity index (χ1) is 6.63. The summed E-state index contributed by atoms with van der Waals surface area (Å²) in [6.45, 7) is 4.59. The van der Waals surface area contributed by atoms with Crippen LogP contribution >= 0.6 is 0 Å². The minimum absolute atomic E-state index is 0.294. The summed E-state index contributed by atoms with van der Waals surface area (Å²) in [5.41, 5.74) is 4.34. The molecule has 0 aromatic rings. The van der Waals surface area contributed by atoms with E-state index >= 15 is 0 Å². The second-order valence-corrected chi connectivity index (χ2v) is 5.09. The van der Waals surface area contributed by atoms with Gasteiger partial charge in [0.1, 0.15) is 6.29 Å². The molecule has 0 N–H and O–H groups in total. The Bertz CT molecular complexity index is 318. The molecule has 1 nitrogen and oxygen atoms in total. The highest BCUT2D eigenvalue weighted by Gasteiger charge is 2.30. The molecule has 2 aliphatic rings. The Morgan fingerprint density at radius 2 is 2.07 bits per heavy atom. The Balaban J connectivity index is 2.40. The molecule has 76 valence electrons. The zero-order valence-electron chi connectivity index (χ0n) is 9.10. The molecule has 14 heavy (non-hydrogen) atoms. The lowest BCUT2D eigenvalue weighted by Crippen LogP contribution is -2.22. The van der Waals surface area contributed by atoms with Crippen LogP contribution in [-0.2, 0) is 4.79 Å². The highest BCUT2D eigenvalue weighted by molar-refractivity contribution is 5.75. The number of hydrogen-bond donors (Lipinski definition) is 0. The van der Waals surface area contributed by atoms with Crippen LogP contribution in [0.4, 0.5) is 0 Å². The van der Waals surface area contributed by atoms with Crippen molar-refractivity contribution in [3.05, 3.63) is 22.8 Å². The van der Waals surface area contributed by atoms with Crippen molar-refractivity contribution in [3.63, 3.8) is 0 Å². The average molecular weight is 190 g/mol. The fourth-order valence-electron chi connectivity index (χ4n) is 2.69. The van der Waals surface area contributed by atoms with Crippen LogP contribution in [0.5, 0.6) is 0 Å². The van der Waals surface area contributed by atoms with Gasteiger partial charge in [0.25, 0.3) is 0 Å². The highest BCUT2D eigenvalue weighted by atomic mass is 16.1. The SMILES string of the molecule is CC1(C)CCCC2=C1C=C(C=O)CC2. The predicted octanol–water partition coefficient (Wildman–Crippen LogP) is 3.41. The molecule has 0 unspecified atom stereocenters. The Kier molecular flexibility index (Phi) is 2.34.